The van der Waals surface area contributed by atoms with Crippen LogP contribution >= 0.6 is 22.9 Å². The second-order valence-corrected chi connectivity index (χ2v) is 3.57. The number of rotatable bonds is 5. The van der Waals surface area contributed by atoms with E-state index < -0.39 is 0 Å². The predicted molar refractivity (Wildman–Crippen MR) is 60.7 cm³/mol. The van der Waals surface area contributed by atoms with E-state index in [0.29, 0.717) is 5.13 Å². The molecule has 0 spiro atoms. The highest BCUT2D eigenvalue weighted by molar-refractivity contribution is 7.14. The lowest BCUT2D eigenvalue weighted by atomic mass is 10.3. The summed E-state index contributed by atoms with van der Waals surface area (Å²) in [7, 11) is 1.31. The van der Waals surface area contributed by atoms with Gasteiger partial charge in [0.15, 0.2) is 10.8 Å². The molecule has 1 radical (unpaired) electrons. The Labute approximate surface area is 100 Å². The van der Waals surface area contributed by atoms with Gasteiger partial charge in [-0.1, -0.05) is 5.16 Å². The molecule has 0 saturated heterocycles. The Kier molecular flexibility index (Phi) is 4.87. The van der Waals surface area contributed by atoms with Gasteiger partial charge >= 0.3 is 0 Å². The largest absolute Gasteiger partial charge is 0.398 e. The van der Waals surface area contributed by atoms with Gasteiger partial charge in [0.1, 0.15) is 18.7 Å². The third-order valence-corrected chi connectivity index (χ3v) is 2.39. The summed E-state index contributed by atoms with van der Waals surface area (Å²) in [6.07, 6.45) is 1.58. The smallest absolute Gasteiger partial charge is 0.259 e. The van der Waals surface area contributed by atoms with Gasteiger partial charge in [-0.3, -0.25) is 9.59 Å². The third-order valence-electron chi connectivity index (χ3n) is 1.39. The van der Waals surface area contributed by atoms with E-state index in [1.807, 2.05) is 0 Å². The molecule has 0 aromatic carbocycles. The molecule has 0 aliphatic heterocycles. The second kappa shape index (κ2) is 6.19. The molecule has 1 rings (SSSR count). The average Bonchev–Trinajstić information content (AvgIpc) is 2.74. The first-order valence-corrected chi connectivity index (χ1v) is 5.43. The molecule has 1 heterocycles. The quantitative estimate of drug-likeness (QED) is 0.482. The van der Waals surface area contributed by atoms with Crippen molar-refractivity contribution < 1.29 is 14.4 Å². The Morgan fingerprint density at radius 2 is 2.56 bits per heavy atom. The van der Waals surface area contributed by atoms with Crippen LogP contribution in [-0.2, 0) is 14.4 Å². The van der Waals surface area contributed by atoms with Crippen LogP contribution in [0.15, 0.2) is 10.5 Å². The molecule has 0 aliphatic rings. The molecule has 1 amide bonds. The summed E-state index contributed by atoms with van der Waals surface area (Å²) in [5.41, 5.74) is 0.219. The minimum Gasteiger partial charge on any atom is -0.398 e. The monoisotopic (exact) mass is 260 g/mol. The van der Waals surface area contributed by atoms with Crippen LogP contribution in [0.2, 0.25) is 0 Å². The number of carbonyl (C=O) groups excluding carboxylic acids is 2. The van der Waals surface area contributed by atoms with Gasteiger partial charge in [-0.25, -0.2) is 4.98 Å². The van der Waals surface area contributed by atoms with Gasteiger partial charge in [0.05, 0.1) is 0 Å². The van der Waals surface area contributed by atoms with Crippen molar-refractivity contribution in [1.29, 1.82) is 0 Å². The summed E-state index contributed by atoms with van der Waals surface area (Å²) in [6.45, 7) is 0. The summed E-state index contributed by atoms with van der Waals surface area (Å²) in [6, 6.07) is 0. The van der Waals surface area contributed by atoms with Crippen molar-refractivity contribution in [3.8, 4) is 0 Å². The van der Waals surface area contributed by atoms with Crippen LogP contribution in [0.3, 0.4) is 0 Å². The number of hydrogen-bond donors (Lipinski definition) is 1. The number of oxime groups is 1. The van der Waals surface area contributed by atoms with Crippen LogP contribution in [0.5, 0.6) is 0 Å². The first-order valence-electron chi connectivity index (χ1n) is 4.02. The summed E-state index contributed by atoms with van der Waals surface area (Å²) in [5.74, 6) is -0.531. The number of carbonyl (C=O) groups is 1. The van der Waals surface area contributed by atoms with Gasteiger partial charge < -0.3 is 10.2 Å². The molecule has 1 aromatic heterocycles. The SMILES string of the molecule is CON=C([C]=O)c1csc(NC(=O)CCl)n1. The normalized spacial score (nSPS) is 11.0. The molecule has 0 bridgehead atoms. The molecule has 85 valence electrons. The summed E-state index contributed by atoms with van der Waals surface area (Å²) in [4.78, 5) is 29.8. The van der Waals surface area contributed by atoms with Crippen molar-refractivity contribution in [3.63, 3.8) is 0 Å². The fourth-order valence-corrected chi connectivity index (χ4v) is 1.58. The first kappa shape index (κ1) is 12.6. The van der Waals surface area contributed by atoms with Gasteiger partial charge in [0, 0.05) is 5.38 Å². The van der Waals surface area contributed by atoms with E-state index in [-0.39, 0.29) is 23.2 Å². The van der Waals surface area contributed by atoms with Crippen LogP contribution in [0.4, 0.5) is 5.13 Å². The Morgan fingerprint density at radius 1 is 1.81 bits per heavy atom. The number of nitrogens with zero attached hydrogens (tertiary/aromatic N) is 2. The highest BCUT2D eigenvalue weighted by atomic mass is 35.5. The number of aromatic nitrogens is 1. The van der Waals surface area contributed by atoms with E-state index in [9.17, 15) is 9.59 Å². The van der Waals surface area contributed by atoms with E-state index in [1.165, 1.54) is 7.11 Å². The van der Waals surface area contributed by atoms with Crippen molar-refractivity contribution in [2.24, 2.45) is 5.16 Å². The van der Waals surface area contributed by atoms with Crippen molar-refractivity contribution in [2.75, 3.05) is 18.3 Å². The van der Waals surface area contributed by atoms with Gasteiger partial charge in [0.2, 0.25) is 5.91 Å². The third kappa shape index (κ3) is 3.28. The average molecular weight is 261 g/mol. The topological polar surface area (TPSA) is 80.6 Å². The van der Waals surface area contributed by atoms with Crippen molar-refractivity contribution in [3.05, 3.63) is 11.1 Å². The predicted octanol–water partition coefficient (Wildman–Crippen LogP) is 0.781. The van der Waals surface area contributed by atoms with E-state index in [2.05, 4.69) is 20.3 Å². The second-order valence-electron chi connectivity index (χ2n) is 2.44. The maximum atomic E-state index is 10.9. The van der Waals surface area contributed by atoms with Gasteiger partial charge in [0.25, 0.3) is 6.29 Å². The maximum Gasteiger partial charge on any atom is 0.259 e. The molecule has 1 aromatic rings. The lowest BCUT2D eigenvalue weighted by molar-refractivity contribution is -0.113. The Hall–Kier alpha value is -1.47. The molecular formula is C8H7ClN3O3S. The minimum absolute atomic E-state index is 0.0647. The molecule has 0 atom stereocenters. The van der Waals surface area contributed by atoms with Crippen LogP contribution in [0, 0.1) is 0 Å². The van der Waals surface area contributed by atoms with E-state index in [0.717, 1.165) is 11.3 Å². The standard InChI is InChI=1S/C8H7ClN3O3S/c1-15-12-5(3-13)6-4-16-8(10-6)11-7(14)2-9/h4H,2H2,1H3,(H,10,11,14). The van der Waals surface area contributed by atoms with Crippen molar-refractivity contribution in [1.82, 2.24) is 4.98 Å². The van der Waals surface area contributed by atoms with Gasteiger partial charge in [-0.2, -0.15) is 0 Å². The zero-order valence-corrected chi connectivity index (χ0v) is 9.76. The summed E-state index contributed by atoms with van der Waals surface area (Å²) >= 11 is 6.45. The van der Waals surface area contributed by atoms with Crippen LogP contribution in [0.25, 0.3) is 0 Å². The number of amides is 1. The molecule has 6 nitrogen and oxygen atoms in total. The fraction of sp³-hybridized carbons (Fsp3) is 0.250. The lowest BCUT2D eigenvalue weighted by Crippen LogP contribution is -2.12. The molecule has 16 heavy (non-hydrogen) atoms. The zero-order valence-electron chi connectivity index (χ0n) is 8.19. The number of hydrogen-bond acceptors (Lipinski definition) is 6. The van der Waals surface area contributed by atoms with Gasteiger partial charge in [-0.15, -0.1) is 22.9 Å². The van der Waals surface area contributed by atoms with E-state index >= 15 is 0 Å². The van der Waals surface area contributed by atoms with Crippen LogP contribution in [0.1, 0.15) is 5.69 Å². The van der Waals surface area contributed by atoms with Crippen LogP contribution in [-0.4, -0.2) is 35.9 Å². The van der Waals surface area contributed by atoms with Crippen LogP contribution < -0.4 is 5.32 Å². The molecule has 0 fully saturated rings. The number of thiazole rings is 1. The highest BCUT2D eigenvalue weighted by Gasteiger charge is 2.11. The van der Waals surface area contributed by atoms with Gasteiger partial charge in [-0.05, 0) is 0 Å². The Morgan fingerprint density at radius 3 is 3.12 bits per heavy atom. The number of anilines is 1. The van der Waals surface area contributed by atoms with E-state index in [1.54, 1.807) is 11.7 Å². The minimum atomic E-state index is -0.372. The summed E-state index contributed by atoms with van der Waals surface area (Å²) < 4.78 is 0. The summed E-state index contributed by atoms with van der Waals surface area (Å²) in [5, 5.41) is 7.75. The maximum absolute atomic E-state index is 10.9. The van der Waals surface area contributed by atoms with Crippen molar-refractivity contribution >= 4 is 46.0 Å². The fourth-order valence-electron chi connectivity index (χ4n) is 0.802. The Bertz CT molecular complexity index is 418. The Balaban J connectivity index is 2.81. The lowest BCUT2D eigenvalue weighted by Gasteiger charge is -1.95. The van der Waals surface area contributed by atoms with Crippen molar-refractivity contribution in [2.45, 2.75) is 0 Å². The molecule has 0 aliphatic carbocycles. The molecule has 0 saturated carbocycles. The molecule has 8 heteroatoms. The zero-order chi connectivity index (χ0) is 12.0. The number of alkyl halides is 1. The first-order chi connectivity index (χ1) is 7.71. The van der Waals surface area contributed by atoms with E-state index in [4.69, 9.17) is 11.6 Å². The molecule has 1 N–H and O–H groups in total. The molecule has 0 unspecified atom stereocenters. The number of halogens is 1. The highest BCUT2D eigenvalue weighted by Crippen LogP contribution is 2.15. The molecular weight excluding hydrogens is 254 g/mol. The number of nitrogens with one attached hydrogen (secondary N) is 1.